The molecule has 2 unspecified atom stereocenters. The number of hydrogen-bond donors (Lipinski definition) is 3. The van der Waals surface area contributed by atoms with Crippen LogP contribution >= 0.6 is 0 Å². The molecule has 1 fully saturated rings. The largest absolute Gasteiger partial charge is 0.355 e. The summed E-state index contributed by atoms with van der Waals surface area (Å²) in [5, 5.41) is 5.35. The van der Waals surface area contributed by atoms with Crippen molar-refractivity contribution in [3.05, 3.63) is 12.4 Å². The summed E-state index contributed by atoms with van der Waals surface area (Å²) in [5.41, 5.74) is 0. The Labute approximate surface area is 99.2 Å². The van der Waals surface area contributed by atoms with Crippen molar-refractivity contribution in [2.45, 2.75) is 19.8 Å². The molecule has 0 radical (unpaired) electrons. The number of aromatic nitrogens is 2. The molecular formula is C11H16N4O2. The predicted molar refractivity (Wildman–Crippen MR) is 62.1 cm³/mol. The van der Waals surface area contributed by atoms with Gasteiger partial charge in [-0.25, -0.2) is 4.98 Å². The Morgan fingerprint density at radius 1 is 1.59 bits per heavy atom. The van der Waals surface area contributed by atoms with Crippen LogP contribution in [-0.4, -0.2) is 28.3 Å². The SMILES string of the molecule is CC1CC1C(=O)NCCC(=O)Nc1ncc[nH]1. The van der Waals surface area contributed by atoms with Crippen LogP contribution in [0, 0.1) is 11.8 Å². The first-order chi connectivity index (χ1) is 8.16. The molecule has 2 atom stereocenters. The van der Waals surface area contributed by atoms with Gasteiger partial charge in [0.25, 0.3) is 0 Å². The Kier molecular flexibility index (Phi) is 3.41. The summed E-state index contributed by atoms with van der Waals surface area (Å²) in [7, 11) is 0. The van der Waals surface area contributed by atoms with Crippen molar-refractivity contribution in [1.82, 2.24) is 15.3 Å². The number of aromatic amines is 1. The zero-order valence-electron chi connectivity index (χ0n) is 9.69. The van der Waals surface area contributed by atoms with Crippen LogP contribution in [0.1, 0.15) is 19.8 Å². The van der Waals surface area contributed by atoms with Crippen molar-refractivity contribution < 1.29 is 9.59 Å². The van der Waals surface area contributed by atoms with Gasteiger partial charge in [-0.05, 0) is 12.3 Å². The molecule has 2 amide bonds. The number of carbonyl (C=O) groups excluding carboxylic acids is 2. The molecule has 1 heterocycles. The summed E-state index contributed by atoms with van der Waals surface area (Å²) in [5.74, 6) is 0.972. The molecule has 92 valence electrons. The van der Waals surface area contributed by atoms with Gasteiger partial charge in [-0.2, -0.15) is 0 Å². The Morgan fingerprint density at radius 3 is 2.94 bits per heavy atom. The van der Waals surface area contributed by atoms with Crippen molar-refractivity contribution in [3.8, 4) is 0 Å². The maximum Gasteiger partial charge on any atom is 0.228 e. The quantitative estimate of drug-likeness (QED) is 0.696. The van der Waals surface area contributed by atoms with Gasteiger partial charge in [0.05, 0.1) is 0 Å². The van der Waals surface area contributed by atoms with Crippen LogP contribution in [0.15, 0.2) is 12.4 Å². The highest BCUT2D eigenvalue weighted by Gasteiger charge is 2.38. The van der Waals surface area contributed by atoms with Crippen LogP contribution in [0.2, 0.25) is 0 Å². The highest BCUT2D eigenvalue weighted by atomic mass is 16.2. The van der Waals surface area contributed by atoms with E-state index in [2.05, 4.69) is 20.6 Å². The molecule has 0 bridgehead atoms. The van der Waals surface area contributed by atoms with E-state index >= 15 is 0 Å². The predicted octanol–water partition coefficient (Wildman–Crippen LogP) is 0.510. The van der Waals surface area contributed by atoms with E-state index in [4.69, 9.17) is 0 Å². The van der Waals surface area contributed by atoms with Crippen LogP contribution in [-0.2, 0) is 9.59 Å². The fourth-order valence-corrected chi connectivity index (χ4v) is 1.65. The highest BCUT2D eigenvalue weighted by molar-refractivity contribution is 5.89. The number of H-pyrrole nitrogens is 1. The third-order valence-corrected chi connectivity index (χ3v) is 2.85. The smallest absolute Gasteiger partial charge is 0.228 e. The van der Waals surface area contributed by atoms with Crippen molar-refractivity contribution in [2.75, 3.05) is 11.9 Å². The van der Waals surface area contributed by atoms with Crippen LogP contribution in [0.25, 0.3) is 0 Å². The number of nitrogens with zero attached hydrogens (tertiary/aromatic N) is 1. The van der Waals surface area contributed by atoms with Crippen molar-refractivity contribution >= 4 is 17.8 Å². The van der Waals surface area contributed by atoms with Gasteiger partial charge in [-0.3, -0.25) is 14.9 Å². The Balaban J connectivity index is 1.61. The lowest BCUT2D eigenvalue weighted by molar-refractivity contribution is -0.122. The molecule has 1 aliphatic carbocycles. The van der Waals surface area contributed by atoms with E-state index in [-0.39, 0.29) is 24.2 Å². The van der Waals surface area contributed by atoms with E-state index in [1.165, 1.54) is 0 Å². The third-order valence-electron chi connectivity index (χ3n) is 2.85. The molecule has 6 heteroatoms. The summed E-state index contributed by atoms with van der Waals surface area (Å²) in [6, 6.07) is 0. The first-order valence-corrected chi connectivity index (χ1v) is 5.74. The highest BCUT2D eigenvalue weighted by Crippen LogP contribution is 2.37. The minimum Gasteiger partial charge on any atom is -0.355 e. The second-order valence-electron chi connectivity index (χ2n) is 4.35. The van der Waals surface area contributed by atoms with Crippen molar-refractivity contribution in [2.24, 2.45) is 11.8 Å². The van der Waals surface area contributed by atoms with E-state index < -0.39 is 0 Å². The minimum atomic E-state index is -0.163. The Hall–Kier alpha value is -1.85. The van der Waals surface area contributed by atoms with Gasteiger partial charge in [0, 0.05) is 31.3 Å². The lowest BCUT2D eigenvalue weighted by Crippen LogP contribution is -2.29. The van der Waals surface area contributed by atoms with Gasteiger partial charge in [0.2, 0.25) is 17.8 Å². The first-order valence-electron chi connectivity index (χ1n) is 5.74. The van der Waals surface area contributed by atoms with Crippen LogP contribution < -0.4 is 10.6 Å². The second-order valence-corrected chi connectivity index (χ2v) is 4.35. The first kappa shape index (κ1) is 11.6. The molecule has 1 aromatic heterocycles. The molecule has 3 N–H and O–H groups in total. The molecule has 0 saturated heterocycles. The molecule has 1 aliphatic rings. The Bertz CT molecular complexity index is 402. The van der Waals surface area contributed by atoms with E-state index in [0.717, 1.165) is 6.42 Å². The number of hydrogen-bond acceptors (Lipinski definition) is 3. The van der Waals surface area contributed by atoms with E-state index in [1.807, 2.05) is 6.92 Å². The Morgan fingerprint density at radius 2 is 2.35 bits per heavy atom. The second kappa shape index (κ2) is 4.99. The number of anilines is 1. The number of nitrogens with one attached hydrogen (secondary N) is 3. The van der Waals surface area contributed by atoms with E-state index in [9.17, 15) is 9.59 Å². The third kappa shape index (κ3) is 3.30. The number of amides is 2. The number of imidazole rings is 1. The molecule has 0 aromatic carbocycles. The normalized spacial score (nSPS) is 21.9. The van der Waals surface area contributed by atoms with Gasteiger partial charge in [-0.1, -0.05) is 6.92 Å². The lowest BCUT2D eigenvalue weighted by atomic mass is 10.3. The van der Waals surface area contributed by atoms with Crippen molar-refractivity contribution in [1.29, 1.82) is 0 Å². The standard InChI is InChI=1S/C11H16N4O2/c1-7-6-8(7)10(17)12-3-2-9(16)15-11-13-4-5-14-11/h4-5,7-8H,2-3,6H2,1H3,(H,12,17)(H2,13,14,15,16). The summed E-state index contributed by atoms with van der Waals surface area (Å²) >= 11 is 0. The monoisotopic (exact) mass is 236 g/mol. The van der Waals surface area contributed by atoms with Gasteiger partial charge >= 0.3 is 0 Å². The zero-order valence-corrected chi connectivity index (χ0v) is 9.69. The number of carbonyl (C=O) groups is 2. The average Bonchev–Trinajstić information content (AvgIpc) is 2.80. The summed E-state index contributed by atoms with van der Waals surface area (Å²) in [6.45, 7) is 2.42. The van der Waals surface area contributed by atoms with E-state index in [0.29, 0.717) is 18.4 Å². The van der Waals surface area contributed by atoms with Gasteiger partial charge in [0.15, 0.2) is 0 Å². The van der Waals surface area contributed by atoms with Crippen LogP contribution in [0.3, 0.4) is 0 Å². The average molecular weight is 236 g/mol. The topological polar surface area (TPSA) is 86.9 Å². The molecule has 17 heavy (non-hydrogen) atoms. The maximum atomic E-state index is 11.5. The molecular weight excluding hydrogens is 220 g/mol. The lowest BCUT2D eigenvalue weighted by Gasteiger charge is -2.04. The molecule has 0 aliphatic heterocycles. The zero-order chi connectivity index (χ0) is 12.3. The van der Waals surface area contributed by atoms with Gasteiger partial charge in [-0.15, -0.1) is 0 Å². The fraction of sp³-hybridized carbons (Fsp3) is 0.545. The van der Waals surface area contributed by atoms with Gasteiger partial charge in [0.1, 0.15) is 0 Å². The van der Waals surface area contributed by atoms with Crippen LogP contribution in [0.5, 0.6) is 0 Å². The van der Waals surface area contributed by atoms with Crippen molar-refractivity contribution in [3.63, 3.8) is 0 Å². The summed E-state index contributed by atoms with van der Waals surface area (Å²) in [6.07, 6.45) is 4.41. The molecule has 1 saturated carbocycles. The molecule has 6 nitrogen and oxygen atoms in total. The molecule has 0 spiro atoms. The minimum absolute atomic E-state index is 0.0586. The molecule has 2 rings (SSSR count). The van der Waals surface area contributed by atoms with E-state index in [1.54, 1.807) is 12.4 Å². The van der Waals surface area contributed by atoms with Crippen LogP contribution in [0.4, 0.5) is 5.95 Å². The number of rotatable bonds is 5. The fourth-order valence-electron chi connectivity index (χ4n) is 1.65. The molecule has 1 aromatic rings. The maximum absolute atomic E-state index is 11.5. The van der Waals surface area contributed by atoms with Gasteiger partial charge < -0.3 is 10.3 Å². The summed E-state index contributed by atoms with van der Waals surface area (Å²) in [4.78, 5) is 29.5. The summed E-state index contributed by atoms with van der Waals surface area (Å²) < 4.78 is 0.